The molecule has 0 spiro atoms. The second-order valence-corrected chi connectivity index (χ2v) is 7.22. The number of allylic oxidation sites excluding steroid dienone is 1. The quantitative estimate of drug-likeness (QED) is 0.676. The van der Waals surface area contributed by atoms with Crippen molar-refractivity contribution in [3.63, 3.8) is 0 Å². The number of amidine groups is 1. The van der Waals surface area contributed by atoms with E-state index in [-0.39, 0.29) is 10.7 Å². The van der Waals surface area contributed by atoms with Gasteiger partial charge in [-0.2, -0.15) is 13.5 Å². The van der Waals surface area contributed by atoms with E-state index in [1.54, 1.807) is 30.5 Å². The summed E-state index contributed by atoms with van der Waals surface area (Å²) in [5.41, 5.74) is 5.39. The van der Waals surface area contributed by atoms with Crippen molar-refractivity contribution in [2.45, 2.75) is 4.90 Å². The molecule has 0 atom stereocenters. The molecule has 0 bridgehead atoms. The van der Waals surface area contributed by atoms with Crippen molar-refractivity contribution in [2.75, 3.05) is 19.0 Å². The van der Waals surface area contributed by atoms with Crippen LogP contribution in [0.25, 0.3) is 6.08 Å². The lowest BCUT2D eigenvalue weighted by Crippen LogP contribution is -2.16. The molecule has 2 aromatic carbocycles. The zero-order chi connectivity index (χ0) is 17.9. The molecule has 0 saturated carbocycles. The third-order valence-corrected chi connectivity index (χ3v) is 5.00. The molecule has 2 aromatic rings. The fraction of sp³-hybridized carbons (Fsp3) is 0.111. The van der Waals surface area contributed by atoms with Crippen LogP contribution in [0.15, 0.2) is 69.0 Å². The fourth-order valence-electron chi connectivity index (χ4n) is 2.37. The van der Waals surface area contributed by atoms with Gasteiger partial charge in [0.05, 0.1) is 0 Å². The zero-order valence-electron chi connectivity index (χ0n) is 13.9. The van der Waals surface area contributed by atoms with Gasteiger partial charge in [-0.25, -0.2) is 0 Å². The number of fused-ring (bicyclic) bond motifs is 1. The van der Waals surface area contributed by atoms with Crippen LogP contribution in [-0.2, 0) is 10.0 Å². The van der Waals surface area contributed by atoms with E-state index in [9.17, 15) is 8.42 Å². The summed E-state index contributed by atoms with van der Waals surface area (Å²) in [7, 11) is 0.365. The van der Waals surface area contributed by atoms with Gasteiger partial charge in [0.1, 0.15) is 4.90 Å². The minimum atomic E-state index is -3.62. The number of nitrogens with zero attached hydrogens (tertiary/aromatic N) is 3. The van der Waals surface area contributed by atoms with Gasteiger partial charge < -0.3 is 4.90 Å². The summed E-state index contributed by atoms with van der Waals surface area (Å²) in [5.74, 6) is 0.232. The molecule has 7 heteroatoms. The summed E-state index contributed by atoms with van der Waals surface area (Å²) in [6, 6.07) is 14.7. The van der Waals surface area contributed by atoms with Crippen LogP contribution < -0.4 is 10.3 Å². The van der Waals surface area contributed by atoms with Crippen molar-refractivity contribution in [2.24, 2.45) is 9.50 Å². The summed E-state index contributed by atoms with van der Waals surface area (Å²) in [4.78, 5) is 2.23. The number of sulfonamides is 1. The first-order valence-corrected chi connectivity index (χ1v) is 9.09. The van der Waals surface area contributed by atoms with E-state index < -0.39 is 10.0 Å². The molecule has 0 fully saturated rings. The van der Waals surface area contributed by atoms with Crippen molar-refractivity contribution >= 4 is 33.8 Å². The largest absolute Gasteiger partial charge is 0.378 e. The van der Waals surface area contributed by atoms with Crippen molar-refractivity contribution in [3.8, 4) is 0 Å². The van der Waals surface area contributed by atoms with Crippen molar-refractivity contribution in [1.82, 2.24) is 5.43 Å². The Labute approximate surface area is 147 Å². The van der Waals surface area contributed by atoms with Gasteiger partial charge in [0.2, 0.25) is 0 Å². The number of hydrogen-bond acceptors (Lipinski definition) is 5. The number of nitrogens with one attached hydrogen (secondary N) is 1. The minimum Gasteiger partial charge on any atom is -0.378 e. The second kappa shape index (κ2) is 6.90. The first kappa shape index (κ1) is 16.9. The highest BCUT2D eigenvalue weighted by Gasteiger charge is 2.27. The van der Waals surface area contributed by atoms with E-state index in [0.29, 0.717) is 5.56 Å². The standard InChI is InChI=1S/C18H18N4O2S/c1-22(2)15-11-9-14(10-12-15)6-5-13-19-20-18-16-7-3-4-8-17(16)25(23,24)21-18/h3-13H,1-2H3,(H,20,21)/b6-5+,19-13-. The van der Waals surface area contributed by atoms with Crippen molar-refractivity contribution < 1.29 is 8.42 Å². The number of rotatable bonds is 4. The van der Waals surface area contributed by atoms with Crippen molar-refractivity contribution in [3.05, 3.63) is 65.7 Å². The Bertz CT molecular complexity index is 959. The number of benzene rings is 2. The first-order valence-electron chi connectivity index (χ1n) is 7.65. The highest BCUT2D eigenvalue weighted by atomic mass is 32.2. The molecule has 1 N–H and O–H groups in total. The van der Waals surface area contributed by atoms with Gasteiger partial charge in [-0.1, -0.05) is 30.3 Å². The van der Waals surface area contributed by atoms with E-state index in [1.165, 1.54) is 6.07 Å². The lowest BCUT2D eigenvalue weighted by molar-refractivity contribution is 0.599. The normalized spacial score (nSPS) is 15.4. The Morgan fingerprint density at radius 2 is 1.80 bits per heavy atom. The Hall–Kier alpha value is -2.93. The molecule has 3 rings (SSSR count). The molecule has 25 heavy (non-hydrogen) atoms. The zero-order valence-corrected chi connectivity index (χ0v) is 14.7. The molecule has 0 unspecified atom stereocenters. The van der Waals surface area contributed by atoms with Gasteiger partial charge in [-0.05, 0) is 35.9 Å². The molecule has 0 aromatic heterocycles. The maximum Gasteiger partial charge on any atom is 0.285 e. The molecule has 0 saturated heterocycles. The Kier molecular flexibility index (Phi) is 4.67. The maximum atomic E-state index is 11.9. The van der Waals surface area contributed by atoms with Gasteiger partial charge in [0.15, 0.2) is 5.84 Å². The number of hydrogen-bond donors (Lipinski definition) is 1. The van der Waals surface area contributed by atoms with Gasteiger partial charge in [0, 0.05) is 31.6 Å². The van der Waals surface area contributed by atoms with E-state index in [0.717, 1.165) is 11.3 Å². The van der Waals surface area contributed by atoms with Gasteiger partial charge in [-0.15, -0.1) is 4.40 Å². The molecular weight excluding hydrogens is 336 g/mol. The van der Waals surface area contributed by atoms with Crippen LogP contribution in [0.1, 0.15) is 11.1 Å². The molecular formula is C18H18N4O2S. The molecule has 0 radical (unpaired) electrons. The monoisotopic (exact) mass is 354 g/mol. The Morgan fingerprint density at radius 3 is 2.52 bits per heavy atom. The Morgan fingerprint density at radius 1 is 1.08 bits per heavy atom. The molecule has 0 aliphatic carbocycles. The van der Waals surface area contributed by atoms with Crippen LogP contribution in [0.2, 0.25) is 0 Å². The Balaban J connectivity index is 1.64. The van der Waals surface area contributed by atoms with Gasteiger partial charge in [0.25, 0.3) is 10.0 Å². The average Bonchev–Trinajstić information content (AvgIpc) is 2.86. The molecule has 1 heterocycles. The molecule has 6 nitrogen and oxygen atoms in total. The van der Waals surface area contributed by atoms with Crippen LogP contribution >= 0.6 is 0 Å². The SMILES string of the molecule is CN(C)c1ccc(/C=C/C=N\NC2=NS(=O)(=O)c3ccccc32)cc1. The lowest BCUT2D eigenvalue weighted by atomic mass is 10.2. The number of hydrazone groups is 1. The fourth-order valence-corrected chi connectivity index (χ4v) is 3.54. The highest BCUT2D eigenvalue weighted by molar-refractivity contribution is 7.90. The third kappa shape index (κ3) is 3.77. The third-order valence-electron chi connectivity index (χ3n) is 3.66. The second-order valence-electron chi connectivity index (χ2n) is 5.65. The summed E-state index contributed by atoms with van der Waals surface area (Å²) in [5, 5.41) is 4.01. The van der Waals surface area contributed by atoms with E-state index in [2.05, 4.69) is 14.9 Å². The topological polar surface area (TPSA) is 74.1 Å². The smallest absolute Gasteiger partial charge is 0.285 e. The van der Waals surface area contributed by atoms with Crippen LogP contribution in [0.5, 0.6) is 0 Å². The van der Waals surface area contributed by atoms with Gasteiger partial charge >= 0.3 is 0 Å². The summed E-state index contributed by atoms with van der Waals surface area (Å²) in [6.07, 6.45) is 5.23. The van der Waals surface area contributed by atoms with Crippen molar-refractivity contribution in [1.29, 1.82) is 0 Å². The molecule has 1 aliphatic heterocycles. The average molecular weight is 354 g/mol. The highest BCUT2D eigenvalue weighted by Crippen LogP contribution is 2.24. The molecule has 1 aliphatic rings. The lowest BCUT2D eigenvalue weighted by Gasteiger charge is -2.11. The van der Waals surface area contributed by atoms with Crippen LogP contribution in [-0.4, -0.2) is 34.6 Å². The minimum absolute atomic E-state index is 0.198. The predicted octanol–water partition coefficient (Wildman–Crippen LogP) is 2.49. The van der Waals surface area contributed by atoms with Crippen LogP contribution in [0.4, 0.5) is 5.69 Å². The summed E-state index contributed by atoms with van der Waals surface area (Å²) in [6.45, 7) is 0. The predicted molar refractivity (Wildman–Crippen MR) is 102 cm³/mol. The summed E-state index contributed by atoms with van der Waals surface area (Å²) >= 11 is 0. The maximum absolute atomic E-state index is 11.9. The molecule has 128 valence electrons. The van der Waals surface area contributed by atoms with E-state index in [4.69, 9.17) is 0 Å². The van der Waals surface area contributed by atoms with E-state index in [1.807, 2.05) is 49.3 Å². The first-order chi connectivity index (χ1) is 12.0. The van der Waals surface area contributed by atoms with Crippen LogP contribution in [0.3, 0.4) is 0 Å². The molecule has 0 amide bonds. The summed E-state index contributed by atoms with van der Waals surface area (Å²) < 4.78 is 27.5. The number of anilines is 1. The van der Waals surface area contributed by atoms with Gasteiger partial charge in [-0.3, -0.25) is 5.43 Å². The van der Waals surface area contributed by atoms with E-state index >= 15 is 0 Å². The van der Waals surface area contributed by atoms with Crippen LogP contribution in [0, 0.1) is 0 Å².